The smallest absolute Gasteiger partial charge is 0.335 e. The summed E-state index contributed by atoms with van der Waals surface area (Å²) in [6, 6.07) is 14.2. The van der Waals surface area contributed by atoms with E-state index in [0.717, 1.165) is 11.1 Å². The molecule has 2 aromatic rings. The number of rotatable bonds is 3. The average Bonchev–Trinajstić information content (AvgIpc) is 3.28. The third-order valence-corrected chi connectivity index (χ3v) is 3.97. The van der Waals surface area contributed by atoms with Gasteiger partial charge in [-0.25, -0.2) is 9.79 Å². The fourth-order valence-electron chi connectivity index (χ4n) is 2.77. The molecule has 0 saturated carbocycles. The quantitative estimate of drug-likeness (QED) is 0.811. The van der Waals surface area contributed by atoms with Crippen molar-refractivity contribution in [2.45, 2.75) is 12.1 Å². The van der Waals surface area contributed by atoms with Crippen LogP contribution in [0.2, 0.25) is 0 Å². The molecule has 2 atom stereocenters. The molecule has 6 nitrogen and oxygen atoms in total. The van der Waals surface area contributed by atoms with Crippen LogP contribution < -0.4 is 9.47 Å². The zero-order valence-corrected chi connectivity index (χ0v) is 13.0. The van der Waals surface area contributed by atoms with Gasteiger partial charge in [0.15, 0.2) is 23.6 Å². The number of nitrogens with zero attached hydrogens (tertiary/aromatic N) is 1. The highest BCUT2D eigenvalue weighted by atomic mass is 16.7. The van der Waals surface area contributed by atoms with Gasteiger partial charge in [-0.3, -0.25) is 0 Å². The van der Waals surface area contributed by atoms with Crippen LogP contribution in [0.1, 0.15) is 17.2 Å². The van der Waals surface area contributed by atoms with Crippen molar-refractivity contribution in [3.05, 3.63) is 59.7 Å². The largest absolute Gasteiger partial charge is 0.467 e. The monoisotopic (exact) mass is 325 g/mol. The number of ether oxygens (including phenoxy) is 4. The van der Waals surface area contributed by atoms with Crippen molar-refractivity contribution in [2.75, 3.05) is 13.9 Å². The lowest BCUT2D eigenvalue weighted by atomic mass is 10.0. The standard InChI is InChI=1S/C18H15NO5/c1-21-18(20)15-16(12-7-8-13-14(9-12)23-10-22-13)24-17(19-15)11-5-3-2-4-6-11/h2-9,15-16H,10H2,1H3. The Kier molecular flexibility index (Phi) is 3.57. The highest BCUT2D eigenvalue weighted by molar-refractivity contribution is 5.98. The summed E-state index contributed by atoms with van der Waals surface area (Å²) in [5, 5.41) is 0. The van der Waals surface area contributed by atoms with Gasteiger partial charge < -0.3 is 18.9 Å². The van der Waals surface area contributed by atoms with Crippen LogP contribution in [0.3, 0.4) is 0 Å². The molecule has 2 heterocycles. The molecule has 4 rings (SSSR count). The van der Waals surface area contributed by atoms with Crippen LogP contribution >= 0.6 is 0 Å². The lowest BCUT2D eigenvalue weighted by Gasteiger charge is -2.17. The normalized spacial score (nSPS) is 21.1. The van der Waals surface area contributed by atoms with Crippen LogP contribution in [0.15, 0.2) is 53.5 Å². The number of methoxy groups -OCH3 is 1. The second kappa shape index (κ2) is 5.88. The maximum Gasteiger partial charge on any atom is 0.335 e. The van der Waals surface area contributed by atoms with E-state index >= 15 is 0 Å². The third kappa shape index (κ3) is 2.46. The molecule has 2 aliphatic rings. The van der Waals surface area contributed by atoms with Crippen molar-refractivity contribution in [2.24, 2.45) is 4.99 Å². The summed E-state index contributed by atoms with van der Waals surface area (Å²) in [5.74, 6) is 1.29. The molecule has 0 aliphatic carbocycles. The molecule has 0 spiro atoms. The van der Waals surface area contributed by atoms with Gasteiger partial charge >= 0.3 is 5.97 Å². The van der Waals surface area contributed by atoms with Crippen molar-refractivity contribution in [1.82, 2.24) is 0 Å². The van der Waals surface area contributed by atoms with Gasteiger partial charge in [-0.1, -0.05) is 24.3 Å². The lowest BCUT2D eigenvalue weighted by molar-refractivity contribution is -0.143. The highest BCUT2D eigenvalue weighted by Crippen LogP contribution is 2.38. The minimum Gasteiger partial charge on any atom is -0.467 e. The highest BCUT2D eigenvalue weighted by Gasteiger charge is 2.39. The number of benzene rings is 2. The Bertz CT molecular complexity index is 802. The molecule has 2 aromatic carbocycles. The van der Waals surface area contributed by atoms with Gasteiger partial charge in [0.2, 0.25) is 12.7 Å². The van der Waals surface area contributed by atoms with E-state index in [1.54, 1.807) is 6.07 Å². The molecule has 0 fully saturated rings. The fourth-order valence-corrected chi connectivity index (χ4v) is 2.77. The summed E-state index contributed by atoms with van der Waals surface area (Å²) < 4.78 is 21.6. The van der Waals surface area contributed by atoms with E-state index in [4.69, 9.17) is 18.9 Å². The third-order valence-electron chi connectivity index (χ3n) is 3.97. The van der Waals surface area contributed by atoms with Gasteiger partial charge in [-0.15, -0.1) is 0 Å². The Balaban J connectivity index is 1.68. The summed E-state index contributed by atoms with van der Waals surface area (Å²) in [7, 11) is 1.34. The molecule has 0 saturated heterocycles. The summed E-state index contributed by atoms with van der Waals surface area (Å²) in [4.78, 5) is 16.6. The second-order valence-corrected chi connectivity index (χ2v) is 5.42. The summed E-state index contributed by atoms with van der Waals surface area (Å²) in [6.45, 7) is 0.191. The summed E-state index contributed by atoms with van der Waals surface area (Å²) in [5.41, 5.74) is 1.60. The molecule has 0 aromatic heterocycles. The predicted octanol–water partition coefficient (Wildman–Crippen LogP) is 2.48. The molecule has 0 amide bonds. The van der Waals surface area contributed by atoms with Crippen LogP contribution in [-0.4, -0.2) is 31.8 Å². The first-order valence-electron chi connectivity index (χ1n) is 7.53. The Hall–Kier alpha value is -3.02. The molecule has 6 heteroatoms. The SMILES string of the molecule is COC(=O)C1N=C(c2ccccc2)OC1c1ccc2c(c1)OCO2. The lowest BCUT2D eigenvalue weighted by Crippen LogP contribution is -2.25. The number of carbonyl (C=O) groups excluding carboxylic acids is 1. The number of carbonyl (C=O) groups is 1. The van der Waals surface area contributed by atoms with Crippen LogP contribution in [0.4, 0.5) is 0 Å². The van der Waals surface area contributed by atoms with Gasteiger partial charge in [-0.05, 0) is 29.8 Å². The number of hydrogen-bond acceptors (Lipinski definition) is 6. The molecule has 2 unspecified atom stereocenters. The van der Waals surface area contributed by atoms with Crippen LogP contribution in [0.5, 0.6) is 11.5 Å². The molecule has 24 heavy (non-hydrogen) atoms. The number of fused-ring (bicyclic) bond motifs is 1. The number of aliphatic imine (C=N–C) groups is 1. The van der Waals surface area contributed by atoms with E-state index < -0.39 is 18.1 Å². The van der Waals surface area contributed by atoms with Crippen molar-refractivity contribution in [3.8, 4) is 11.5 Å². The van der Waals surface area contributed by atoms with E-state index in [9.17, 15) is 4.79 Å². The molecule has 0 N–H and O–H groups in total. The second-order valence-electron chi connectivity index (χ2n) is 5.42. The summed E-state index contributed by atoms with van der Waals surface area (Å²) in [6.07, 6.45) is -0.567. The fraction of sp³-hybridized carbons (Fsp3) is 0.222. The summed E-state index contributed by atoms with van der Waals surface area (Å²) >= 11 is 0. The first-order chi connectivity index (χ1) is 11.8. The number of esters is 1. The molecule has 122 valence electrons. The molecule has 0 bridgehead atoms. The minimum atomic E-state index is -0.759. The zero-order chi connectivity index (χ0) is 16.5. The first-order valence-corrected chi connectivity index (χ1v) is 7.53. The molecule has 0 radical (unpaired) electrons. The first kappa shape index (κ1) is 14.6. The Morgan fingerprint density at radius 1 is 1.12 bits per heavy atom. The molecular weight excluding hydrogens is 310 g/mol. The van der Waals surface area contributed by atoms with Gasteiger partial charge in [0.05, 0.1) is 7.11 Å². The average molecular weight is 325 g/mol. The minimum absolute atomic E-state index is 0.191. The Morgan fingerprint density at radius 2 is 1.92 bits per heavy atom. The van der Waals surface area contributed by atoms with E-state index in [0.29, 0.717) is 17.4 Å². The van der Waals surface area contributed by atoms with E-state index in [1.807, 2.05) is 42.5 Å². The van der Waals surface area contributed by atoms with Crippen molar-refractivity contribution < 1.29 is 23.7 Å². The van der Waals surface area contributed by atoms with E-state index in [2.05, 4.69) is 4.99 Å². The van der Waals surface area contributed by atoms with E-state index in [-0.39, 0.29) is 6.79 Å². The maximum atomic E-state index is 12.1. The van der Waals surface area contributed by atoms with Gasteiger partial charge in [0.25, 0.3) is 0 Å². The van der Waals surface area contributed by atoms with Crippen molar-refractivity contribution >= 4 is 11.9 Å². The van der Waals surface area contributed by atoms with Crippen molar-refractivity contribution in [1.29, 1.82) is 0 Å². The molecule has 2 aliphatic heterocycles. The number of hydrogen-bond donors (Lipinski definition) is 0. The molecular formula is C18H15NO5. The zero-order valence-electron chi connectivity index (χ0n) is 13.0. The van der Waals surface area contributed by atoms with Crippen molar-refractivity contribution in [3.63, 3.8) is 0 Å². The van der Waals surface area contributed by atoms with Crippen LogP contribution in [0, 0.1) is 0 Å². The predicted molar refractivity (Wildman–Crippen MR) is 85.2 cm³/mol. The van der Waals surface area contributed by atoms with Crippen LogP contribution in [0.25, 0.3) is 0 Å². The van der Waals surface area contributed by atoms with Gasteiger partial charge in [0.1, 0.15) is 0 Å². The topological polar surface area (TPSA) is 66.4 Å². The van der Waals surface area contributed by atoms with Gasteiger partial charge in [0, 0.05) is 5.56 Å². The Morgan fingerprint density at radius 3 is 2.71 bits per heavy atom. The van der Waals surface area contributed by atoms with Gasteiger partial charge in [-0.2, -0.15) is 0 Å². The van der Waals surface area contributed by atoms with E-state index in [1.165, 1.54) is 7.11 Å². The van der Waals surface area contributed by atoms with Crippen LogP contribution in [-0.2, 0) is 14.3 Å². The Labute approximate surface area is 138 Å². The maximum absolute atomic E-state index is 12.1.